The molecule has 0 atom stereocenters. The summed E-state index contributed by atoms with van der Waals surface area (Å²) in [5.41, 5.74) is 2.62. The number of esters is 1. The van der Waals surface area contributed by atoms with Gasteiger partial charge in [0.15, 0.2) is 17.3 Å². The average Bonchev–Trinajstić information content (AvgIpc) is 3.46. The van der Waals surface area contributed by atoms with Gasteiger partial charge in [0.25, 0.3) is 5.89 Å². The first kappa shape index (κ1) is 20.5. The number of rotatable bonds is 7. The minimum Gasteiger partial charge on any atom is -0.493 e. The third-order valence-electron chi connectivity index (χ3n) is 4.43. The van der Waals surface area contributed by atoms with Crippen LogP contribution in [0.2, 0.25) is 0 Å². The van der Waals surface area contributed by atoms with E-state index in [1.807, 2.05) is 23.6 Å². The Kier molecular flexibility index (Phi) is 5.94. The highest BCUT2D eigenvalue weighted by Gasteiger charge is 2.16. The smallest absolute Gasteiger partial charge is 0.338 e. The van der Waals surface area contributed by atoms with Gasteiger partial charge in [-0.05, 0) is 43.3 Å². The first-order chi connectivity index (χ1) is 15.1. The summed E-state index contributed by atoms with van der Waals surface area (Å²) in [4.78, 5) is 21.1. The number of benzene rings is 2. The lowest BCUT2D eigenvalue weighted by Gasteiger charge is -2.10. The Hall–Kier alpha value is -3.72. The summed E-state index contributed by atoms with van der Waals surface area (Å²) in [6.45, 7) is 1.80. The van der Waals surface area contributed by atoms with Crippen molar-refractivity contribution < 1.29 is 23.5 Å². The molecular weight excluding hydrogens is 418 g/mol. The van der Waals surface area contributed by atoms with Crippen LogP contribution < -0.4 is 9.47 Å². The Balaban J connectivity index is 1.42. The van der Waals surface area contributed by atoms with Crippen LogP contribution in [-0.4, -0.2) is 35.3 Å². The molecule has 0 aliphatic carbocycles. The van der Waals surface area contributed by atoms with Gasteiger partial charge < -0.3 is 18.7 Å². The average molecular weight is 437 g/mol. The number of hydrogen-bond acceptors (Lipinski definition) is 9. The van der Waals surface area contributed by atoms with Crippen LogP contribution in [0.25, 0.3) is 22.0 Å². The zero-order valence-electron chi connectivity index (χ0n) is 17.1. The van der Waals surface area contributed by atoms with Crippen LogP contribution in [0, 0.1) is 6.92 Å². The number of nitrogens with zero attached hydrogens (tertiary/aromatic N) is 3. The van der Waals surface area contributed by atoms with Gasteiger partial charge in [0, 0.05) is 10.9 Å². The van der Waals surface area contributed by atoms with Crippen molar-refractivity contribution in [1.29, 1.82) is 0 Å². The number of para-hydroxylation sites is 1. The summed E-state index contributed by atoms with van der Waals surface area (Å²) in [6.07, 6.45) is 0. The van der Waals surface area contributed by atoms with E-state index in [4.69, 9.17) is 18.7 Å². The number of aryl methyl sites for hydroxylation is 1. The van der Waals surface area contributed by atoms with E-state index in [0.717, 1.165) is 16.1 Å². The van der Waals surface area contributed by atoms with Crippen molar-refractivity contribution in [3.05, 3.63) is 64.9 Å². The fraction of sp³-hybridized carbons (Fsp3) is 0.182. The first-order valence-corrected chi connectivity index (χ1v) is 10.2. The van der Waals surface area contributed by atoms with Gasteiger partial charge in [0.2, 0.25) is 0 Å². The first-order valence-electron chi connectivity index (χ1n) is 9.32. The van der Waals surface area contributed by atoms with Gasteiger partial charge in [0.1, 0.15) is 11.6 Å². The quantitative estimate of drug-likeness (QED) is 0.389. The molecule has 0 aliphatic heterocycles. The molecular formula is C22H19N3O5S. The highest BCUT2D eigenvalue weighted by molar-refractivity contribution is 7.13. The molecule has 8 nitrogen and oxygen atoms in total. The van der Waals surface area contributed by atoms with E-state index in [1.165, 1.54) is 11.3 Å². The molecule has 4 rings (SSSR count). The molecule has 0 N–H and O–H groups in total. The van der Waals surface area contributed by atoms with E-state index >= 15 is 0 Å². The molecule has 0 radical (unpaired) electrons. The maximum absolute atomic E-state index is 12.4. The molecule has 9 heteroatoms. The van der Waals surface area contributed by atoms with E-state index < -0.39 is 5.97 Å². The number of thiazole rings is 1. The SMILES string of the molecule is COc1cccc(-c2nc(COC(=O)c3ccc(-c4nc(C)no4)cc3)cs2)c1OC. The standard InChI is InChI=1S/C22H19N3O5S/c1-13-23-20(30-25-13)14-7-9-15(10-8-14)22(26)29-11-16-12-31-21(24-16)17-5-4-6-18(27-2)19(17)28-3/h4-10,12H,11H2,1-3H3. The summed E-state index contributed by atoms with van der Waals surface area (Å²) < 4.78 is 21.3. The van der Waals surface area contributed by atoms with Crippen molar-refractivity contribution in [3.8, 4) is 33.5 Å². The van der Waals surface area contributed by atoms with Crippen molar-refractivity contribution in [2.75, 3.05) is 14.2 Å². The molecule has 2 heterocycles. The Bertz CT molecular complexity index is 1200. The molecule has 0 saturated carbocycles. The number of hydrogen-bond donors (Lipinski definition) is 0. The summed E-state index contributed by atoms with van der Waals surface area (Å²) in [7, 11) is 3.17. The molecule has 0 fully saturated rings. The van der Waals surface area contributed by atoms with Crippen molar-refractivity contribution in [1.82, 2.24) is 15.1 Å². The van der Waals surface area contributed by atoms with Crippen LogP contribution in [0.5, 0.6) is 11.5 Å². The third-order valence-corrected chi connectivity index (χ3v) is 5.36. The summed E-state index contributed by atoms with van der Waals surface area (Å²) in [6, 6.07) is 12.4. The molecule has 0 spiro atoms. The molecule has 2 aromatic heterocycles. The van der Waals surface area contributed by atoms with Gasteiger partial charge in [-0.25, -0.2) is 9.78 Å². The van der Waals surface area contributed by atoms with E-state index in [0.29, 0.717) is 34.5 Å². The molecule has 158 valence electrons. The van der Waals surface area contributed by atoms with Crippen LogP contribution in [0.1, 0.15) is 21.9 Å². The maximum Gasteiger partial charge on any atom is 0.338 e. The van der Waals surface area contributed by atoms with E-state index in [2.05, 4.69) is 15.1 Å². The molecule has 0 unspecified atom stereocenters. The fourth-order valence-corrected chi connectivity index (χ4v) is 3.76. The number of ether oxygens (including phenoxy) is 3. The lowest BCUT2D eigenvalue weighted by molar-refractivity contribution is 0.0468. The molecule has 0 bridgehead atoms. The molecule has 0 amide bonds. The van der Waals surface area contributed by atoms with Gasteiger partial charge in [0.05, 0.1) is 31.0 Å². The van der Waals surface area contributed by atoms with E-state index in [1.54, 1.807) is 45.4 Å². The highest BCUT2D eigenvalue weighted by Crippen LogP contribution is 2.39. The van der Waals surface area contributed by atoms with Crippen LogP contribution in [0.15, 0.2) is 52.4 Å². The molecule has 2 aromatic carbocycles. The fourth-order valence-electron chi connectivity index (χ4n) is 2.94. The predicted molar refractivity (Wildman–Crippen MR) is 114 cm³/mol. The number of aromatic nitrogens is 3. The highest BCUT2D eigenvalue weighted by atomic mass is 32.1. The second-order valence-corrected chi connectivity index (χ2v) is 7.34. The van der Waals surface area contributed by atoms with Gasteiger partial charge in [-0.15, -0.1) is 11.3 Å². The van der Waals surface area contributed by atoms with Crippen LogP contribution >= 0.6 is 11.3 Å². The van der Waals surface area contributed by atoms with Crippen molar-refractivity contribution >= 4 is 17.3 Å². The topological polar surface area (TPSA) is 96.6 Å². The maximum atomic E-state index is 12.4. The third kappa shape index (κ3) is 4.41. The minimum atomic E-state index is -0.443. The van der Waals surface area contributed by atoms with Crippen LogP contribution in [-0.2, 0) is 11.3 Å². The normalized spacial score (nSPS) is 10.7. The van der Waals surface area contributed by atoms with Gasteiger partial charge in [-0.2, -0.15) is 4.98 Å². The Labute approximate surface area is 182 Å². The second kappa shape index (κ2) is 8.97. The molecule has 31 heavy (non-hydrogen) atoms. The van der Waals surface area contributed by atoms with Crippen molar-refractivity contribution in [3.63, 3.8) is 0 Å². The molecule has 0 saturated heterocycles. The van der Waals surface area contributed by atoms with Gasteiger partial charge in [-0.1, -0.05) is 11.2 Å². The second-order valence-electron chi connectivity index (χ2n) is 6.49. The van der Waals surface area contributed by atoms with Gasteiger partial charge >= 0.3 is 5.97 Å². The summed E-state index contributed by atoms with van der Waals surface area (Å²) in [5.74, 6) is 1.75. The Morgan fingerprint density at radius 1 is 1.06 bits per heavy atom. The van der Waals surface area contributed by atoms with Crippen LogP contribution in [0.3, 0.4) is 0 Å². The Morgan fingerprint density at radius 2 is 1.87 bits per heavy atom. The summed E-state index contributed by atoms with van der Waals surface area (Å²) in [5, 5.41) is 6.36. The predicted octanol–water partition coefficient (Wildman–Crippen LogP) is 4.54. The Morgan fingerprint density at radius 3 is 2.55 bits per heavy atom. The minimum absolute atomic E-state index is 0.0617. The lowest BCUT2D eigenvalue weighted by Crippen LogP contribution is -2.05. The monoisotopic (exact) mass is 437 g/mol. The summed E-state index contributed by atoms with van der Waals surface area (Å²) >= 11 is 1.44. The molecule has 0 aliphatic rings. The lowest BCUT2D eigenvalue weighted by atomic mass is 10.1. The van der Waals surface area contributed by atoms with E-state index in [9.17, 15) is 4.79 Å². The zero-order chi connectivity index (χ0) is 21.8. The van der Waals surface area contributed by atoms with Crippen molar-refractivity contribution in [2.45, 2.75) is 13.5 Å². The number of carbonyl (C=O) groups excluding carboxylic acids is 1. The number of carbonyl (C=O) groups is 1. The zero-order valence-corrected chi connectivity index (χ0v) is 17.9. The van der Waals surface area contributed by atoms with Crippen molar-refractivity contribution in [2.24, 2.45) is 0 Å². The van der Waals surface area contributed by atoms with E-state index in [-0.39, 0.29) is 6.61 Å². The largest absolute Gasteiger partial charge is 0.493 e. The molecule has 4 aromatic rings. The van der Waals surface area contributed by atoms with Crippen LogP contribution in [0.4, 0.5) is 0 Å². The number of methoxy groups -OCH3 is 2. The van der Waals surface area contributed by atoms with Gasteiger partial charge in [-0.3, -0.25) is 0 Å².